The molecule has 0 radical (unpaired) electrons. The maximum atomic E-state index is 12.1. The summed E-state index contributed by atoms with van der Waals surface area (Å²) in [4.78, 5) is 23.1. The summed E-state index contributed by atoms with van der Waals surface area (Å²) < 4.78 is 2.67. The van der Waals surface area contributed by atoms with Crippen LogP contribution >= 0.6 is 15.9 Å². The van der Waals surface area contributed by atoms with Gasteiger partial charge in [0.25, 0.3) is 5.91 Å². The fourth-order valence-corrected chi connectivity index (χ4v) is 2.27. The number of carbonyl (C=O) groups is 2. The van der Waals surface area contributed by atoms with Gasteiger partial charge in [-0.1, -0.05) is 0 Å². The quantitative estimate of drug-likeness (QED) is 0.811. The molecule has 1 amide bonds. The Morgan fingerprint density at radius 3 is 2.84 bits per heavy atom. The molecule has 1 aromatic rings. The van der Waals surface area contributed by atoms with Gasteiger partial charge >= 0.3 is 5.97 Å². The van der Waals surface area contributed by atoms with Crippen molar-refractivity contribution in [3.63, 3.8) is 0 Å². The van der Waals surface area contributed by atoms with E-state index in [2.05, 4.69) is 27.2 Å². The van der Waals surface area contributed by atoms with Gasteiger partial charge in [-0.2, -0.15) is 0 Å². The summed E-state index contributed by atoms with van der Waals surface area (Å²) in [6.45, 7) is 0. The van der Waals surface area contributed by atoms with E-state index in [-0.39, 0.29) is 6.42 Å². The van der Waals surface area contributed by atoms with Crippen molar-refractivity contribution in [2.24, 2.45) is 0 Å². The molecule has 0 saturated heterocycles. The summed E-state index contributed by atoms with van der Waals surface area (Å²) in [5.41, 5.74) is 0.456. The first kappa shape index (κ1) is 13.7. The van der Waals surface area contributed by atoms with Crippen LogP contribution in [0.2, 0.25) is 0 Å². The highest BCUT2D eigenvalue weighted by Gasteiger charge is 2.29. The van der Waals surface area contributed by atoms with Crippen LogP contribution in [0.4, 0.5) is 0 Å². The zero-order valence-electron chi connectivity index (χ0n) is 10.1. The summed E-state index contributed by atoms with van der Waals surface area (Å²) in [5, 5.41) is 11.4. The Morgan fingerprint density at radius 2 is 2.32 bits per heavy atom. The molecule has 2 N–H and O–H groups in total. The first-order chi connectivity index (χ1) is 9.02. The van der Waals surface area contributed by atoms with Gasteiger partial charge in [0.1, 0.15) is 11.7 Å². The minimum absolute atomic E-state index is 0.0353. The maximum Gasteiger partial charge on any atom is 0.327 e. The molecule has 1 unspecified atom stereocenters. The minimum Gasteiger partial charge on any atom is -0.480 e. The second kappa shape index (κ2) is 5.49. The van der Waals surface area contributed by atoms with Crippen molar-refractivity contribution in [2.75, 3.05) is 0 Å². The maximum absolute atomic E-state index is 12.1. The first-order valence-corrected chi connectivity index (χ1v) is 6.66. The molecule has 1 aliphatic carbocycles. The molecule has 1 fully saturated rings. The highest BCUT2D eigenvalue weighted by Crippen LogP contribution is 2.37. The van der Waals surface area contributed by atoms with E-state index in [0.29, 0.717) is 11.7 Å². The van der Waals surface area contributed by atoms with Crippen molar-refractivity contribution in [2.45, 2.75) is 31.3 Å². The van der Waals surface area contributed by atoms with Gasteiger partial charge in [-0.25, -0.2) is 4.79 Å². The number of nitrogens with one attached hydrogen (secondary N) is 1. The number of hydrogen-bond donors (Lipinski definition) is 2. The second-order valence-electron chi connectivity index (χ2n) is 4.45. The van der Waals surface area contributed by atoms with Gasteiger partial charge in [-0.15, -0.1) is 12.3 Å². The molecule has 0 bridgehead atoms. The number of carboxylic acid groups (broad SMARTS) is 1. The average molecular weight is 325 g/mol. The molecule has 0 spiro atoms. The number of aromatic nitrogens is 1. The second-order valence-corrected chi connectivity index (χ2v) is 5.37. The number of carbonyl (C=O) groups excluding carboxylic acids is 1. The molecule has 0 aromatic carbocycles. The van der Waals surface area contributed by atoms with Crippen LogP contribution in [0.15, 0.2) is 16.7 Å². The first-order valence-electron chi connectivity index (χ1n) is 5.87. The lowest BCUT2D eigenvalue weighted by Crippen LogP contribution is -2.41. The molecule has 5 nitrogen and oxygen atoms in total. The van der Waals surface area contributed by atoms with E-state index in [9.17, 15) is 9.59 Å². The highest BCUT2D eigenvalue weighted by molar-refractivity contribution is 9.10. The van der Waals surface area contributed by atoms with Gasteiger partial charge < -0.3 is 15.0 Å². The molecular formula is C13H13BrN2O3. The van der Waals surface area contributed by atoms with Gasteiger partial charge in [0.15, 0.2) is 0 Å². The number of halogens is 1. The van der Waals surface area contributed by atoms with Gasteiger partial charge in [0.05, 0.1) is 0 Å². The predicted molar refractivity (Wildman–Crippen MR) is 72.7 cm³/mol. The molecule has 0 aliphatic heterocycles. The Balaban J connectivity index is 2.15. The highest BCUT2D eigenvalue weighted by atomic mass is 79.9. The molecule has 100 valence electrons. The Hall–Kier alpha value is -1.74. The van der Waals surface area contributed by atoms with Crippen LogP contribution in [-0.4, -0.2) is 27.6 Å². The summed E-state index contributed by atoms with van der Waals surface area (Å²) in [6, 6.07) is 0.962. The van der Waals surface area contributed by atoms with E-state index in [4.69, 9.17) is 11.5 Å². The van der Waals surface area contributed by atoms with Crippen LogP contribution in [0.1, 0.15) is 35.8 Å². The minimum atomic E-state index is -1.13. The topological polar surface area (TPSA) is 71.3 Å². The fraction of sp³-hybridized carbons (Fsp3) is 0.385. The predicted octanol–water partition coefficient (Wildman–Crippen LogP) is 1.79. The fourth-order valence-electron chi connectivity index (χ4n) is 1.83. The standard InChI is InChI=1S/C13H13BrN2O3/c1-2-3-10(13(18)19)15-12(17)11-6-8(14)7-16(11)9-4-5-9/h1,6-7,9-10H,3-5H2,(H,15,17)(H,18,19). The largest absolute Gasteiger partial charge is 0.480 e. The molecule has 1 aromatic heterocycles. The normalized spacial score (nSPS) is 15.6. The van der Waals surface area contributed by atoms with Crippen LogP contribution in [0.25, 0.3) is 0 Å². The number of nitrogens with zero attached hydrogens (tertiary/aromatic N) is 1. The van der Waals surface area contributed by atoms with Crippen LogP contribution in [-0.2, 0) is 4.79 Å². The van der Waals surface area contributed by atoms with Gasteiger partial charge in [-0.3, -0.25) is 4.79 Å². The van der Waals surface area contributed by atoms with Crippen LogP contribution in [0.3, 0.4) is 0 Å². The van der Waals surface area contributed by atoms with Gasteiger partial charge in [0, 0.05) is 23.1 Å². The smallest absolute Gasteiger partial charge is 0.327 e. The molecule has 1 heterocycles. The Kier molecular flexibility index (Phi) is 3.96. The molecule has 1 saturated carbocycles. The van der Waals surface area contributed by atoms with E-state index < -0.39 is 17.9 Å². The van der Waals surface area contributed by atoms with Crippen molar-refractivity contribution in [3.05, 3.63) is 22.4 Å². The zero-order chi connectivity index (χ0) is 14.0. The zero-order valence-corrected chi connectivity index (χ0v) is 11.7. The Labute approximate surface area is 119 Å². The monoisotopic (exact) mass is 324 g/mol. The third-order valence-electron chi connectivity index (χ3n) is 2.91. The van der Waals surface area contributed by atoms with E-state index in [1.54, 1.807) is 6.07 Å². The van der Waals surface area contributed by atoms with Gasteiger partial charge in [0.2, 0.25) is 0 Å². The molecule has 1 atom stereocenters. The molecular weight excluding hydrogens is 312 g/mol. The summed E-state index contributed by atoms with van der Waals surface area (Å²) in [7, 11) is 0. The van der Waals surface area contributed by atoms with E-state index in [1.807, 2.05) is 10.8 Å². The lowest BCUT2D eigenvalue weighted by atomic mass is 10.2. The van der Waals surface area contributed by atoms with Crippen molar-refractivity contribution in [3.8, 4) is 12.3 Å². The van der Waals surface area contributed by atoms with Crippen LogP contribution < -0.4 is 5.32 Å². The average Bonchev–Trinajstić information content (AvgIpc) is 3.11. The lowest BCUT2D eigenvalue weighted by Gasteiger charge is -2.13. The third kappa shape index (κ3) is 3.18. The summed E-state index contributed by atoms with van der Waals surface area (Å²) >= 11 is 3.32. The van der Waals surface area contributed by atoms with Crippen molar-refractivity contribution in [1.82, 2.24) is 9.88 Å². The van der Waals surface area contributed by atoms with Crippen molar-refractivity contribution >= 4 is 27.8 Å². The number of aliphatic carboxylic acids is 1. The molecule has 1 aliphatic rings. The number of terminal acetylenes is 1. The summed E-state index contributed by atoms with van der Waals surface area (Å²) in [5.74, 6) is 0.703. The number of hydrogen-bond acceptors (Lipinski definition) is 2. The van der Waals surface area contributed by atoms with Gasteiger partial charge in [-0.05, 0) is 34.8 Å². The Bertz CT molecular complexity index is 555. The van der Waals surface area contributed by atoms with E-state index >= 15 is 0 Å². The SMILES string of the molecule is C#CCC(NC(=O)c1cc(Br)cn1C1CC1)C(=O)O. The van der Waals surface area contributed by atoms with Crippen LogP contribution in [0, 0.1) is 12.3 Å². The number of amides is 1. The molecule has 6 heteroatoms. The summed E-state index contributed by atoms with van der Waals surface area (Å²) in [6.07, 6.45) is 8.97. The Morgan fingerprint density at radius 1 is 1.63 bits per heavy atom. The van der Waals surface area contributed by atoms with E-state index in [0.717, 1.165) is 17.3 Å². The van der Waals surface area contributed by atoms with E-state index in [1.165, 1.54) is 0 Å². The molecule has 19 heavy (non-hydrogen) atoms. The number of rotatable bonds is 5. The number of carboxylic acids is 1. The van der Waals surface area contributed by atoms with Crippen molar-refractivity contribution in [1.29, 1.82) is 0 Å². The van der Waals surface area contributed by atoms with Crippen molar-refractivity contribution < 1.29 is 14.7 Å². The van der Waals surface area contributed by atoms with Crippen LogP contribution in [0.5, 0.6) is 0 Å². The lowest BCUT2D eigenvalue weighted by molar-refractivity contribution is -0.139. The molecule has 2 rings (SSSR count). The third-order valence-corrected chi connectivity index (χ3v) is 3.35.